The van der Waals surface area contributed by atoms with Gasteiger partial charge in [-0.2, -0.15) is 0 Å². The molecule has 2 nitrogen and oxygen atoms in total. The first-order valence-corrected chi connectivity index (χ1v) is 7.42. The largest absolute Gasteiger partial charge is 0.276 e. The van der Waals surface area contributed by atoms with Crippen LogP contribution in [0.25, 0.3) is 27.4 Å². The van der Waals surface area contributed by atoms with Crippen molar-refractivity contribution in [3.8, 4) is 5.69 Å². The zero-order chi connectivity index (χ0) is 15.1. The van der Waals surface area contributed by atoms with Crippen LogP contribution >= 0.6 is 11.6 Å². The molecule has 0 saturated heterocycles. The molecule has 0 radical (unpaired) electrons. The molecule has 0 saturated carbocycles. The predicted octanol–water partition coefficient (Wildman–Crippen LogP) is 4.80. The van der Waals surface area contributed by atoms with Gasteiger partial charge in [-0.05, 0) is 41.8 Å². The number of rotatable bonds is 1. The van der Waals surface area contributed by atoms with Gasteiger partial charge in [0.05, 0.1) is 5.52 Å². The number of fused-ring (bicyclic) bond motifs is 3. The highest BCUT2D eigenvalue weighted by Gasteiger charge is 2.11. The van der Waals surface area contributed by atoms with Crippen LogP contribution < -0.4 is 5.56 Å². The zero-order valence-electron chi connectivity index (χ0n) is 11.7. The number of hydrogen-bond donors (Lipinski definition) is 0. The lowest BCUT2D eigenvalue weighted by atomic mass is 10.1. The topological polar surface area (TPSA) is 22.0 Å². The van der Waals surface area contributed by atoms with Gasteiger partial charge in [0.15, 0.2) is 0 Å². The number of pyridine rings is 1. The van der Waals surface area contributed by atoms with Gasteiger partial charge < -0.3 is 0 Å². The maximum Gasteiger partial charge on any atom is 0.263 e. The van der Waals surface area contributed by atoms with Crippen molar-refractivity contribution in [2.45, 2.75) is 0 Å². The number of aromatic nitrogens is 1. The molecule has 0 amide bonds. The van der Waals surface area contributed by atoms with Crippen molar-refractivity contribution in [3.63, 3.8) is 0 Å². The first kappa shape index (κ1) is 13.1. The molecule has 4 aromatic rings. The van der Waals surface area contributed by atoms with E-state index in [1.54, 1.807) is 16.7 Å². The molecule has 0 fully saturated rings. The molecule has 0 aliphatic heterocycles. The Morgan fingerprint density at radius 2 is 1.27 bits per heavy atom. The van der Waals surface area contributed by atoms with Gasteiger partial charge in [-0.25, -0.2) is 0 Å². The molecule has 1 aromatic heterocycles. The maximum absolute atomic E-state index is 13.0. The third kappa shape index (κ3) is 1.92. The van der Waals surface area contributed by atoms with Crippen LogP contribution in [0.3, 0.4) is 0 Å². The second kappa shape index (κ2) is 5.00. The van der Waals surface area contributed by atoms with Crippen molar-refractivity contribution < 1.29 is 0 Å². The number of hydrogen-bond acceptors (Lipinski definition) is 1. The van der Waals surface area contributed by atoms with Gasteiger partial charge >= 0.3 is 0 Å². The van der Waals surface area contributed by atoms with Crippen LogP contribution in [-0.4, -0.2) is 4.57 Å². The van der Waals surface area contributed by atoms with E-state index in [4.69, 9.17) is 11.6 Å². The van der Waals surface area contributed by atoms with E-state index in [1.165, 1.54) is 0 Å². The summed E-state index contributed by atoms with van der Waals surface area (Å²) in [5.74, 6) is 0. The molecule has 0 N–H and O–H groups in total. The highest BCUT2D eigenvalue weighted by Crippen LogP contribution is 2.25. The predicted molar refractivity (Wildman–Crippen MR) is 92.1 cm³/mol. The quantitative estimate of drug-likeness (QED) is 0.463. The van der Waals surface area contributed by atoms with Crippen molar-refractivity contribution in [1.29, 1.82) is 0 Å². The molecule has 1 heterocycles. The van der Waals surface area contributed by atoms with Crippen LogP contribution in [0.1, 0.15) is 0 Å². The van der Waals surface area contributed by atoms with E-state index in [9.17, 15) is 4.79 Å². The monoisotopic (exact) mass is 305 g/mol. The van der Waals surface area contributed by atoms with Crippen LogP contribution in [-0.2, 0) is 0 Å². The molecule has 3 aromatic carbocycles. The molecule has 0 bridgehead atoms. The highest BCUT2D eigenvalue weighted by atomic mass is 35.5. The minimum Gasteiger partial charge on any atom is -0.276 e. The first-order valence-electron chi connectivity index (χ1n) is 7.04. The highest BCUT2D eigenvalue weighted by molar-refractivity contribution is 6.30. The molecule has 4 rings (SSSR count). The second-order valence-electron chi connectivity index (χ2n) is 5.18. The van der Waals surface area contributed by atoms with Crippen molar-refractivity contribution in [2.75, 3.05) is 0 Å². The van der Waals surface area contributed by atoms with Gasteiger partial charge in [0.2, 0.25) is 0 Å². The summed E-state index contributed by atoms with van der Waals surface area (Å²) in [4.78, 5) is 13.0. The summed E-state index contributed by atoms with van der Waals surface area (Å²) in [6.45, 7) is 0. The van der Waals surface area contributed by atoms with Crippen molar-refractivity contribution in [2.24, 2.45) is 0 Å². The average molecular weight is 306 g/mol. The van der Waals surface area contributed by atoms with Gasteiger partial charge in [-0.1, -0.05) is 48.0 Å². The third-order valence-electron chi connectivity index (χ3n) is 3.88. The van der Waals surface area contributed by atoms with Crippen LogP contribution in [0.4, 0.5) is 0 Å². The fourth-order valence-corrected chi connectivity index (χ4v) is 3.00. The van der Waals surface area contributed by atoms with E-state index in [-0.39, 0.29) is 5.56 Å². The van der Waals surface area contributed by atoms with Crippen LogP contribution in [0, 0.1) is 0 Å². The number of nitrogens with zero attached hydrogens (tertiary/aromatic N) is 1. The fourth-order valence-electron chi connectivity index (χ4n) is 2.88. The minimum absolute atomic E-state index is 0.0170. The Hall–Kier alpha value is -2.58. The summed E-state index contributed by atoms with van der Waals surface area (Å²) in [5, 5.41) is 3.42. The fraction of sp³-hybridized carbons (Fsp3) is 0. The van der Waals surface area contributed by atoms with Gasteiger partial charge in [0, 0.05) is 21.5 Å². The summed E-state index contributed by atoms with van der Waals surface area (Å²) < 4.78 is 1.74. The molecule has 106 valence electrons. The van der Waals surface area contributed by atoms with E-state index in [0.717, 1.165) is 27.4 Å². The summed E-state index contributed by atoms with van der Waals surface area (Å²) >= 11 is 5.96. The van der Waals surface area contributed by atoms with E-state index < -0.39 is 0 Å². The normalized spacial score (nSPS) is 11.1. The molecular weight excluding hydrogens is 294 g/mol. The summed E-state index contributed by atoms with van der Waals surface area (Å²) in [7, 11) is 0. The molecule has 0 aliphatic carbocycles. The standard InChI is InChI=1S/C19H12ClNO/c20-13-9-11-14(12-10-13)21-18-8-4-3-6-16(18)15-5-1-2-7-17(15)19(21)22/h1-12H. The third-order valence-corrected chi connectivity index (χ3v) is 4.13. The molecule has 0 spiro atoms. The lowest BCUT2D eigenvalue weighted by Crippen LogP contribution is -2.19. The zero-order valence-corrected chi connectivity index (χ0v) is 12.4. The second-order valence-corrected chi connectivity index (χ2v) is 5.62. The van der Waals surface area contributed by atoms with Crippen LogP contribution in [0.5, 0.6) is 0 Å². The molecule has 0 unspecified atom stereocenters. The molecule has 3 heteroatoms. The Kier molecular flexibility index (Phi) is 2.98. The van der Waals surface area contributed by atoms with Gasteiger partial charge in [0.1, 0.15) is 0 Å². The number of halogens is 1. The van der Waals surface area contributed by atoms with Crippen LogP contribution in [0.15, 0.2) is 77.6 Å². The van der Waals surface area contributed by atoms with Gasteiger partial charge in [-0.15, -0.1) is 0 Å². The van der Waals surface area contributed by atoms with Crippen molar-refractivity contribution in [1.82, 2.24) is 4.57 Å². The summed E-state index contributed by atoms with van der Waals surface area (Å²) in [5.41, 5.74) is 1.70. The first-order chi connectivity index (χ1) is 10.8. The lowest BCUT2D eigenvalue weighted by Gasteiger charge is -2.13. The van der Waals surface area contributed by atoms with E-state index >= 15 is 0 Å². The Balaban J connectivity index is 2.23. The SMILES string of the molecule is O=c1c2ccccc2c2ccccc2n1-c1ccc(Cl)cc1. The van der Waals surface area contributed by atoms with Crippen molar-refractivity contribution >= 4 is 33.3 Å². The Bertz CT molecular complexity index is 1050. The molecule has 0 atom stereocenters. The van der Waals surface area contributed by atoms with Crippen LogP contribution in [0.2, 0.25) is 5.02 Å². The summed E-state index contributed by atoms with van der Waals surface area (Å²) in [6.07, 6.45) is 0. The smallest absolute Gasteiger partial charge is 0.263 e. The molecule has 22 heavy (non-hydrogen) atoms. The Labute approximate surface area is 132 Å². The molecular formula is C19H12ClNO. The summed E-state index contributed by atoms with van der Waals surface area (Å²) in [6, 6.07) is 23.0. The number of para-hydroxylation sites is 1. The average Bonchev–Trinajstić information content (AvgIpc) is 2.57. The molecule has 0 aliphatic rings. The van der Waals surface area contributed by atoms with E-state index in [2.05, 4.69) is 0 Å². The van der Waals surface area contributed by atoms with Gasteiger partial charge in [0.25, 0.3) is 5.56 Å². The van der Waals surface area contributed by atoms with E-state index in [0.29, 0.717) is 5.02 Å². The Morgan fingerprint density at radius 3 is 2.00 bits per heavy atom. The van der Waals surface area contributed by atoms with Crippen molar-refractivity contribution in [3.05, 3.63) is 88.2 Å². The minimum atomic E-state index is -0.0170. The van der Waals surface area contributed by atoms with E-state index in [1.807, 2.05) is 60.7 Å². The maximum atomic E-state index is 13.0. The number of benzene rings is 3. The lowest BCUT2D eigenvalue weighted by molar-refractivity contribution is 1.06. The Morgan fingerprint density at radius 1 is 0.682 bits per heavy atom. The van der Waals surface area contributed by atoms with Gasteiger partial charge in [-0.3, -0.25) is 9.36 Å².